The van der Waals surface area contributed by atoms with Gasteiger partial charge in [0.15, 0.2) is 0 Å². The number of amides is 1. The number of pyridine rings is 1. The molecule has 0 saturated carbocycles. The fourth-order valence-electron chi connectivity index (χ4n) is 2.87. The second-order valence-electron chi connectivity index (χ2n) is 6.10. The molecule has 0 radical (unpaired) electrons. The fraction of sp³-hybridized carbons (Fsp3) is 0.471. The van der Waals surface area contributed by atoms with Gasteiger partial charge in [-0.2, -0.15) is 0 Å². The molecule has 1 amide bonds. The maximum absolute atomic E-state index is 12.4. The van der Waals surface area contributed by atoms with Gasteiger partial charge in [0.25, 0.3) is 5.91 Å². The van der Waals surface area contributed by atoms with E-state index in [-0.39, 0.29) is 5.91 Å². The van der Waals surface area contributed by atoms with Crippen LogP contribution in [-0.4, -0.2) is 54.0 Å². The zero-order chi connectivity index (χ0) is 17.1. The van der Waals surface area contributed by atoms with E-state index < -0.39 is 0 Å². The molecule has 1 N–H and O–H groups in total. The van der Waals surface area contributed by atoms with Crippen LogP contribution in [0.15, 0.2) is 18.3 Å². The molecule has 128 valence electrons. The Kier molecular flexibility index (Phi) is 5.11. The van der Waals surface area contributed by atoms with Crippen LogP contribution in [0.1, 0.15) is 25.9 Å². The third-order valence-electron chi connectivity index (χ3n) is 4.23. The summed E-state index contributed by atoms with van der Waals surface area (Å²) >= 11 is 1.55. The summed E-state index contributed by atoms with van der Waals surface area (Å²) < 4.78 is 0. The Hall–Kier alpha value is -1.99. The van der Waals surface area contributed by atoms with Gasteiger partial charge >= 0.3 is 0 Å². The number of carbonyl (C=O) groups excluding carboxylic acids is 1. The Morgan fingerprint density at radius 3 is 2.71 bits per heavy atom. The highest BCUT2D eigenvalue weighted by atomic mass is 32.1. The molecule has 1 aliphatic heterocycles. The first kappa shape index (κ1) is 16.9. The lowest BCUT2D eigenvalue weighted by atomic mass is 10.2. The first-order chi connectivity index (χ1) is 11.5. The molecule has 1 fully saturated rings. The number of piperazine rings is 1. The van der Waals surface area contributed by atoms with Gasteiger partial charge in [-0.3, -0.25) is 4.79 Å². The number of aryl methyl sites for hydroxylation is 2. The second-order valence-corrected chi connectivity index (χ2v) is 7.50. The number of nitrogens with one attached hydrogen (secondary N) is 1. The lowest BCUT2D eigenvalue weighted by Gasteiger charge is -2.34. The van der Waals surface area contributed by atoms with E-state index in [0.717, 1.165) is 47.4 Å². The average Bonchev–Trinajstić information content (AvgIpc) is 2.92. The van der Waals surface area contributed by atoms with Crippen molar-refractivity contribution in [3.05, 3.63) is 39.5 Å². The number of carbonyl (C=O) groups is 1. The predicted molar refractivity (Wildman–Crippen MR) is 96.7 cm³/mol. The molecule has 2 aromatic rings. The van der Waals surface area contributed by atoms with Crippen LogP contribution in [0.5, 0.6) is 0 Å². The monoisotopic (exact) mass is 345 g/mol. The molecule has 0 bridgehead atoms. The molecule has 0 unspecified atom stereocenters. The van der Waals surface area contributed by atoms with Crippen LogP contribution in [-0.2, 0) is 6.54 Å². The third kappa shape index (κ3) is 3.73. The Bertz CT molecular complexity index is 722. The molecule has 0 spiro atoms. The van der Waals surface area contributed by atoms with Gasteiger partial charge in [-0.1, -0.05) is 6.07 Å². The van der Waals surface area contributed by atoms with Gasteiger partial charge in [-0.15, -0.1) is 11.3 Å². The smallest absolute Gasteiger partial charge is 0.271 e. The van der Waals surface area contributed by atoms with Crippen LogP contribution < -0.4 is 10.2 Å². The molecule has 6 nitrogen and oxygen atoms in total. The van der Waals surface area contributed by atoms with E-state index in [9.17, 15) is 4.79 Å². The Labute approximate surface area is 146 Å². The number of hydrogen-bond acceptors (Lipinski definition) is 6. The fourth-order valence-corrected chi connectivity index (χ4v) is 3.69. The van der Waals surface area contributed by atoms with Crippen molar-refractivity contribution >= 4 is 23.1 Å². The van der Waals surface area contributed by atoms with Crippen LogP contribution in [0, 0.1) is 13.8 Å². The topological polar surface area (TPSA) is 61.4 Å². The number of nitrogens with zero attached hydrogens (tertiary/aromatic N) is 4. The highest BCUT2D eigenvalue weighted by Crippen LogP contribution is 2.20. The molecule has 3 heterocycles. The number of likely N-dealkylation sites (N-methyl/N-ethyl adjacent to an activating group) is 1. The van der Waals surface area contributed by atoms with E-state index in [1.54, 1.807) is 11.3 Å². The van der Waals surface area contributed by atoms with Gasteiger partial charge in [0, 0.05) is 49.4 Å². The van der Waals surface area contributed by atoms with Crippen molar-refractivity contribution < 1.29 is 4.79 Å². The summed E-state index contributed by atoms with van der Waals surface area (Å²) in [4.78, 5) is 26.8. The summed E-state index contributed by atoms with van der Waals surface area (Å²) in [5.41, 5.74) is 1.57. The molecular weight excluding hydrogens is 322 g/mol. The highest BCUT2D eigenvalue weighted by molar-refractivity contribution is 7.11. The van der Waals surface area contributed by atoms with Crippen LogP contribution in [0.2, 0.25) is 0 Å². The Morgan fingerprint density at radius 1 is 1.29 bits per heavy atom. The van der Waals surface area contributed by atoms with Crippen LogP contribution in [0.4, 0.5) is 5.82 Å². The summed E-state index contributed by atoms with van der Waals surface area (Å²) in [6.45, 7) is 8.28. The van der Waals surface area contributed by atoms with E-state index >= 15 is 0 Å². The standard InChI is InChI=1S/C17H23N5OS/c1-12-15(20-13(2)24-12)17(23)19-11-14-5-4-6-18-16(14)22-9-7-21(3)8-10-22/h4-6H,7-11H2,1-3H3,(H,19,23). The van der Waals surface area contributed by atoms with Gasteiger partial charge in [0.1, 0.15) is 11.5 Å². The van der Waals surface area contributed by atoms with E-state index in [1.165, 1.54) is 0 Å². The maximum Gasteiger partial charge on any atom is 0.271 e. The van der Waals surface area contributed by atoms with Gasteiger partial charge in [0.2, 0.25) is 0 Å². The highest BCUT2D eigenvalue weighted by Gasteiger charge is 2.19. The second kappa shape index (κ2) is 7.27. The van der Waals surface area contributed by atoms with Crippen molar-refractivity contribution in [2.24, 2.45) is 0 Å². The van der Waals surface area contributed by atoms with Crippen molar-refractivity contribution in [1.82, 2.24) is 20.2 Å². The van der Waals surface area contributed by atoms with Gasteiger partial charge in [0.05, 0.1) is 5.01 Å². The summed E-state index contributed by atoms with van der Waals surface area (Å²) in [7, 11) is 2.13. The van der Waals surface area contributed by atoms with E-state index in [2.05, 4.69) is 32.1 Å². The van der Waals surface area contributed by atoms with Crippen LogP contribution in [0.25, 0.3) is 0 Å². The van der Waals surface area contributed by atoms with Crippen molar-refractivity contribution in [1.29, 1.82) is 0 Å². The molecule has 2 aromatic heterocycles. The average molecular weight is 345 g/mol. The number of anilines is 1. The minimum absolute atomic E-state index is 0.120. The number of aromatic nitrogens is 2. The maximum atomic E-state index is 12.4. The molecule has 24 heavy (non-hydrogen) atoms. The minimum Gasteiger partial charge on any atom is -0.354 e. The number of hydrogen-bond donors (Lipinski definition) is 1. The zero-order valence-corrected chi connectivity index (χ0v) is 15.2. The molecule has 0 aromatic carbocycles. The largest absolute Gasteiger partial charge is 0.354 e. The Balaban J connectivity index is 1.69. The number of thiazole rings is 1. The van der Waals surface area contributed by atoms with E-state index in [0.29, 0.717) is 12.2 Å². The van der Waals surface area contributed by atoms with Gasteiger partial charge < -0.3 is 15.1 Å². The lowest BCUT2D eigenvalue weighted by Crippen LogP contribution is -2.45. The predicted octanol–water partition coefficient (Wildman–Crippen LogP) is 1.84. The molecular formula is C17H23N5OS. The third-order valence-corrected chi connectivity index (χ3v) is 5.11. The van der Waals surface area contributed by atoms with Gasteiger partial charge in [-0.05, 0) is 27.0 Å². The SMILES string of the molecule is Cc1nc(C(=O)NCc2cccnc2N2CCN(C)CC2)c(C)s1. The minimum atomic E-state index is -0.120. The van der Waals surface area contributed by atoms with E-state index in [4.69, 9.17) is 0 Å². The first-order valence-corrected chi connectivity index (χ1v) is 8.96. The summed E-state index contributed by atoms with van der Waals surface area (Å²) in [6.07, 6.45) is 1.81. The van der Waals surface area contributed by atoms with Crippen molar-refractivity contribution in [3.8, 4) is 0 Å². The molecule has 7 heteroatoms. The summed E-state index contributed by atoms with van der Waals surface area (Å²) in [5.74, 6) is 0.849. The van der Waals surface area contributed by atoms with Gasteiger partial charge in [-0.25, -0.2) is 9.97 Å². The van der Waals surface area contributed by atoms with Crippen LogP contribution >= 0.6 is 11.3 Å². The number of rotatable bonds is 4. The van der Waals surface area contributed by atoms with Crippen LogP contribution in [0.3, 0.4) is 0 Å². The molecule has 1 saturated heterocycles. The Morgan fingerprint density at radius 2 is 2.04 bits per heavy atom. The summed E-state index contributed by atoms with van der Waals surface area (Å²) in [6, 6.07) is 3.94. The molecule has 1 aliphatic rings. The summed E-state index contributed by atoms with van der Waals surface area (Å²) in [5, 5.41) is 3.90. The normalized spacial score (nSPS) is 15.5. The van der Waals surface area contributed by atoms with Crippen molar-refractivity contribution in [2.45, 2.75) is 20.4 Å². The van der Waals surface area contributed by atoms with Crippen molar-refractivity contribution in [3.63, 3.8) is 0 Å². The zero-order valence-electron chi connectivity index (χ0n) is 14.4. The first-order valence-electron chi connectivity index (χ1n) is 8.14. The van der Waals surface area contributed by atoms with Crippen molar-refractivity contribution in [2.75, 3.05) is 38.1 Å². The molecule has 0 aliphatic carbocycles. The molecule has 3 rings (SSSR count). The van der Waals surface area contributed by atoms with E-state index in [1.807, 2.05) is 32.2 Å². The lowest BCUT2D eigenvalue weighted by molar-refractivity contribution is 0.0946. The molecule has 0 atom stereocenters. The quantitative estimate of drug-likeness (QED) is 0.916.